The summed E-state index contributed by atoms with van der Waals surface area (Å²) in [5.41, 5.74) is 5.29. The Hall–Kier alpha value is -0.890. The molecule has 0 fully saturated rings. The van der Waals surface area contributed by atoms with Crippen molar-refractivity contribution in [1.29, 1.82) is 0 Å². The maximum atomic E-state index is 12.7. The molecule has 0 aromatic carbocycles. The molecule has 0 saturated carbocycles. The van der Waals surface area contributed by atoms with Crippen LogP contribution in [-0.2, 0) is 0 Å². The monoisotopic (exact) mass is 155 g/mol. The van der Waals surface area contributed by atoms with Gasteiger partial charge in [0.1, 0.15) is 5.83 Å². The van der Waals surface area contributed by atoms with Crippen molar-refractivity contribution >= 4 is 0 Å². The molecule has 0 aliphatic carbocycles. The third-order valence-electron chi connectivity index (χ3n) is 1.21. The predicted molar refractivity (Wildman–Crippen MR) is 46.7 cm³/mol. The van der Waals surface area contributed by atoms with Gasteiger partial charge in [0.2, 0.25) is 0 Å². The molecule has 0 aromatic heterocycles. The van der Waals surface area contributed by atoms with Crippen LogP contribution >= 0.6 is 0 Å². The van der Waals surface area contributed by atoms with Gasteiger partial charge >= 0.3 is 0 Å². The Morgan fingerprint density at radius 3 is 2.82 bits per heavy atom. The van der Waals surface area contributed by atoms with Crippen LogP contribution in [0.2, 0.25) is 0 Å². The average molecular weight is 155 g/mol. The molecular formula is C9H14FN. The van der Waals surface area contributed by atoms with Gasteiger partial charge in [0.15, 0.2) is 0 Å². The summed E-state index contributed by atoms with van der Waals surface area (Å²) < 4.78 is 12.7. The lowest BCUT2D eigenvalue weighted by Crippen LogP contribution is -2.07. The third-order valence-corrected chi connectivity index (χ3v) is 1.21. The van der Waals surface area contributed by atoms with Gasteiger partial charge in [0, 0.05) is 0 Å². The molecule has 1 unspecified atom stereocenters. The lowest BCUT2D eigenvalue weighted by molar-refractivity contribution is 0.633. The van der Waals surface area contributed by atoms with Crippen LogP contribution in [0.1, 0.15) is 6.92 Å². The van der Waals surface area contributed by atoms with Crippen LogP contribution in [0.3, 0.4) is 0 Å². The summed E-state index contributed by atoms with van der Waals surface area (Å²) in [6.45, 7) is 5.76. The Balaban J connectivity index is 3.98. The molecule has 0 heterocycles. The van der Waals surface area contributed by atoms with Crippen LogP contribution in [-0.4, -0.2) is 6.54 Å². The zero-order chi connectivity index (χ0) is 8.69. The van der Waals surface area contributed by atoms with Gasteiger partial charge in [-0.25, -0.2) is 4.39 Å². The third kappa shape index (κ3) is 5.55. The Labute approximate surface area is 67.1 Å². The Morgan fingerprint density at radius 2 is 2.36 bits per heavy atom. The lowest BCUT2D eigenvalue weighted by Gasteiger charge is -1.98. The fourth-order valence-corrected chi connectivity index (χ4v) is 0.555. The van der Waals surface area contributed by atoms with Gasteiger partial charge in [0.25, 0.3) is 0 Å². The van der Waals surface area contributed by atoms with Crippen molar-refractivity contribution in [2.45, 2.75) is 6.92 Å². The minimum atomic E-state index is -0.261. The van der Waals surface area contributed by atoms with Gasteiger partial charge < -0.3 is 5.73 Å². The molecule has 0 aliphatic heterocycles. The van der Waals surface area contributed by atoms with Crippen molar-refractivity contribution in [3.05, 3.63) is 36.7 Å². The van der Waals surface area contributed by atoms with E-state index < -0.39 is 0 Å². The van der Waals surface area contributed by atoms with Crippen LogP contribution in [0.4, 0.5) is 4.39 Å². The van der Waals surface area contributed by atoms with Crippen LogP contribution in [0.5, 0.6) is 0 Å². The molecule has 2 heteroatoms. The Kier molecular flexibility index (Phi) is 5.39. The lowest BCUT2D eigenvalue weighted by atomic mass is 10.1. The summed E-state index contributed by atoms with van der Waals surface area (Å²) in [5.74, 6) is -0.174. The molecule has 0 saturated heterocycles. The van der Waals surface area contributed by atoms with Gasteiger partial charge in [-0.05, 0) is 24.6 Å². The zero-order valence-electron chi connectivity index (χ0n) is 6.76. The molecule has 0 spiro atoms. The minimum Gasteiger partial charge on any atom is -0.330 e. The molecule has 0 bridgehead atoms. The van der Waals surface area contributed by atoms with E-state index in [1.165, 1.54) is 18.2 Å². The fraction of sp³-hybridized carbons (Fsp3) is 0.333. The second-order valence-corrected chi connectivity index (χ2v) is 2.36. The van der Waals surface area contributed by atoms with E-state index in [1.807, 2.05) is 6.92 Å². The maximum Gasteiger partial charge on any atom is 0.119 e. The van der Waals surface area contributed by atoms with E-state index in [2.05, 4.69) is 6.58 Å². The van der Waals surface area contributed by atoms with Gasteiger partial charge in [-0.15, -0.1) is 0 Å². The highest BCUT2D eigenvalue weighted by molar-refractivity contribution is 5.15. The standard InChI is InChI=1S/C9H14FN/c1-3-4-5-9(10)6-8(2)7-11/h3-6,8H,1,7,11H2,2H3/b5-4-,9-6+. The molecule has 62 valence electrons. The van der Waals surface area contributed by atoms with Crippen LogP contribution in [0, 0.1) is 5.92 Å². The second kappa shape index (κ2) is 5.86. The number of allylic oxidation sites excluding steroid dienone is 4. The molecule has 0 aliphatic rings. The van der Waals surface area contributed by atoms with Crippen molar-refractivity contribution in [3.63, 3.8) is 0 Å². The van der Waals surface area contributed by atoms with Crippen molar-refractivity contribution in [1.82, 2.24) is 0 Å². The van der Waals surface area contributed by atoms with Gasteiger partial charge in [-0.2, -0.15) is 0 Å². The summed E-state index contributed by atoms with van der Waals surface area (Å²) in [4.78, 5) is 0. The first-order valence-corrected chi connectivity index (χ1v) is 3.57. The highest BCUT2D eigenvalue weighted by atomic mass is 19.1. The molecule has 0 aromatic rings. The normalized spacial score (nSPS) is 15.4. The number of nitrogens with two attached hydrogens (primary N) is 1. The molecule has 1 nitrogen and oxygen atoms in total. The molecule has 0 rings (SSSR count). The van der Waals surface area contributed by atoms with Crippen LogP contribution in [0.15, 0.2) is 36.7 Å². The first-order chi connectivity index (χ1) is 5.20. The van der Waals surface area contributed by atoms with E-state index in [0.717, 1.165) is 0 Å². The number of hydrogen-bond acceptors (Lipinski definition) is 1. The molecule has 0 amide bonds. The maximum absolute atomic E-state index is 12.7. The highest BCUT2D eigenvalue weighted by Crippen LogP contribution is 2.04. The molecule has 11 heavy (non-hydrogen) atoms. The van der Waals surface area contributed by atoms with E-state index in [1.54, 1.807) is 6.08 Å². The molecule has 2 N–H and O–H groups in total. The zero-order valence-corrected chi connectivity index (χ0v) is 6.76. The largest absolute Gasteiger partial charge is 0.330 e. The second-order valence-electron chi connectivity index (χ2n) is 2.36. The van der Waals surface area contributed by atoms with E-state index in [-0.39, 0.29) is 11.7 Å². The Morgan fingerprint density at radius 1 is 1.73 bits per heavy atom. The van der Waals surface area contributed by atoms with E-state index in [9.17, 15) is 4.39 Å². The summed E-state index contributed by atoms with van der Waals surface area (Å²) in [6, 6.07) is 0. The highest BCUT2D eigenvalue weighted by Gasteiger charge is 1.94. The topological polar surface area (TPSA) is 26.0 Å². The van der Waals surface area contributed by atoms with Gasteiger partial charge in [0.05, 0.1) is 0 Å². The van der Waals surface area contributed by atoms with E-state index in [0.29, 0.717) is 6.54 Å². The fourth-order valence-electron chi connectivity index (χ4n) is 0.555. The minimum absolute atomic E-state index is 0.0875. The van der Waals surface area contributed by atoms with Gasteiger partial charge in [-0.1, -0.05) is 25.7 Å². The van der Waals surface area contributed by atoms with E-state index >= 15 is 0 Å². The summed E-state index contributed by atoms with van der Waals surface area (Å²) in [6.07, 6.45) is 5.93. The van der Waals surface area contributed by atoms with Crippen molar-refractivity contribution in [3.8, 4) is 0 Å². The van der Waals surface area contributed by atoms with Gasteiger partial charge in [-0.3, -0.25) is 0 Å². The first-order valence-electron chi connectivity index (χ1n) is 3.57. The summed E-state index contributed by atoms with van der Waals surface area (Å²) in [5, 5.41) is 0. The first kappa shape index (κ1) is 10.1. The SMILES string of the molecule is C=C/C=C\C(F)=C/C(C)CN. The smallest absolute Gasteiger partial charge is 0.119 e. The van der Waals surface area contributed by atoms with Crippen molar-refractivity contribution < 1.29 is 4.39 Å². The quantitative estimate of drug-likeness (QED) is 0.619. The number of hydrogen-bond donors (Lipinski definition) is 1. The number of halogens is 1. The average Bonchev–Trinajstić information content (AvgIpc) is 2.00. The Bertz CT molecular complexity index is 170. The van der Waals surface area contributed by atoms with Crippen molar-refractivity contribution in [2.75, 3.05) is 6.54 Å². The molecule has 1 atom stereocenters. The van der Waals surface area contributed by atoms with Crippen molar-refractivity contribution in [2.24, 2.45) is 11.7 Å². The van der Waals surface area contributed by atoms with Crippen LogP contribution < -0.4 is 5.73 Å². The summed E-state index contributed by atoms with van der Waals surface area (Å²) >= 11 is 0. The predicted octanol–water partition coefficient (Wildman–Crippen LogP) is 2.18. The molecule has 0 radical (unpaired) electrons. The summed E-state index contributed by atoms with van der Waals surface area (Å²) in [7, 11) is 0. The van der Waals surface area contributed by atoms with E-state index in [4.69, 9.17) is 5.73 Å². The van der Waals surface area contributed by atoms with Crippen LogP contribution in [0.25, 0.3) is 0 Å². The molecular weight excluding hydrogens is 141 g/mol. The number of rotatable bonds is 4.